The minimum atomic E-state index is -4.53. The number of carboxylic acid groups (broad SMARTS) is 2. The maximum Gasteiger partial charge on any atom is 0.335 e. The number of hydrogen-bond donors (Lipinski definition) is 6. The molecule has 0 spiro atoms. The molecule has 19 nitrogen and oxygen atoms in total. The van der Waals surface area contributed by atoms with Crippen LogP contribution < -0.4 is 10.6 Å². The Balaban J connectivity index is 1.67. The largest absolute Gasteiger partial charge is 0.478 e. The number of benzene rings is 3. The monoisotopic (exact) mass is 743 g/mol. The Bertz CT molecular complexity index is 2580. The van der Waals surface area contributed by atoms with Crippen molar-refractivity contribution in [3.63, 3.8) is 0 Å². The van der Waals surface area contributed by atoms with Gasteiger partial charge in [0.15, 0.2) is 17.5 Å². The van der Waals surface area contributed by atoms with Gasteiger partial charge >= 0.3 is 11.9 Å². The predicted molar refractivity (Wildman–Crippen MR) is 179 cm³/mol. The van der Waals surface area contributed by atoms with Gasteiger partial charge in [-0.3, -0.25) is 9.11 Å². The normalized spacial score (nSPS) is 11.5. The van der Waals surface area contributed by atoms with Crippen molar-refractivity contribution >= 4 is 66.7 Å². The molecule has 0 aliphatic rings. The van der Waals surface area contributed by atoms with Gasteiger partial charge in [0.2, 0.25) is 0 Å². The molecule has 0 aliphatic heterocycles. The average molecular weight is 744 g/mol. The van der Waals surface area contributed by atoms with E-state index in [1.807, 2.05) is 12.1 Å². The molecule has 0 fully saturated rings. The van der Waals surface area contributed by atoms with Crippen molar-refractivity contribution < 1.29 is 45.7 Å². The van der Waals surface area contributed by atoms with Crippen molar-refractivity contribution in [1.82, 2.24) is 14.8 Å². The van der Waals surface area contributed by atoms with Gasteiger partial charge in [-0.1, -0.05) is 0 Å². The minimum absolute atomic E-state index is 0.0648. The standard InChI is InChI=1S/C31H21N9O10S2/c1-16-25(14-33)27(35-20-2-6-23(7-3-20)51(45,46)47)37-28(36-21-4-8-24(9-5-21)52(48,49)50)26(16)38-39-29-19(13-32)15-34-40(29)22-11-17(30(41)42)10-18(12-22)31(43)44/h2-12,15H,1H3,(H,41,42)(H,43,44)(H2,35,36,37)(H,45,46,47)(H,48,49,50). The summed E-state index contributed by atoms with van der Waals surface area (Å²) in [4.78, 5) is 27.1. The molecule has 0 saturated heterocycles. The molecule has 2 heterocycles. The number of aromatic nitrogens is 3. The van der Waals surface area contributed by atoms with Gasteiger partial charge in [-0.05, 0) is 73.7 Å². The van der Waals surface area contributed by atoms with Gasteiger partial charge in [-0.2, -0.15) is 32.5 Å². The highest BCUT2D eigenvalue weighted by molar-refractivity contribution is 7.86. The zero-order chi connectivity index (χ0) is 38.0. The maximum absolute atomic E-state index is 11.7. The van der Waals surface area contributed by atoms with Crippen LogP contribution in [0.15, 0.2) is 92.9 Å². The molecule has 262 valence electrons. The van der Waals surface area contributed by atoms with Gasteiger partial charge < -0.3 is 20.8 Å². The molecule has 5 rings (SSSR count). The Kier molecular flexibility index (Phi) is 9.80. The van der Waals surface area contributed by atoms with Crippen LogP contribution in [-0.4, -0.2) is 62.9 Å². The van der Waals surface area contributed by atoms with Crippen LogP contribution in [0.3, 0.4) is 0 Å². The molecule has 3 aromatic carbocycles. The number of carbonyl (C=O) groups is 2. The summed E-state index contributed by atoms with van der Waals surface area (Å²) in [5.41, 5.74) is -0.578. The van der Waals surface area contributed by atoms with Crippen LogP contribution in [-0.2, 0) is 20.2 Å². The second kappa shape index (κ2) is 14.1. The smallest absolute Gasteiger partial charge is 0.335 e. The van der Waals surface area contributed by atoms with Crippen molar-refractivity contribution in [2.45, 2.75) is 16.7 Å². The Morgan fingerprint density at radius 3 is 1.71 bits per heavy atom. The lowest BCUT2D eigenvalue weighted by atomic mass is 10.1. The quantitative estimate of drug-likeness (QED) is 0.0756. The number of pyridine rings is 1. The minimum Gasteiger partial charge on any atom is -0.478 e. The van der Waals surface area contributed by atoms with E-state index in [2.05, 4.69) is 30.9 Å². The summed E-state index contributed by atoms with van der Waals surface area (Å²) in [5, 5.41) is 57.3. The summed E-state index contributed by atoms with van der Waals surface area (Å²) in [6.07, 6.45) is 1.09. The van der Waals surface area contributed by atoms with Crippen LogP contribution in [0.25, 0.3) is 5.69 Å². The van der Waals surface area contributed by atoms with E-state index in [-0.39, 0.29) is 61.8 Å². The Labute approximate surface area is 293 Å². The molecular formula is C31H21N9O10S2. The van der Waals surface area contributed by atoms with Gasteiger partial charge in [-0.15, -0.1) is 10.2 Å². The van der Waals surface area contributed by atoms with Crippen molar-refractivity contribution in [2.75, 3.05) is 10.6 Å². The number of nitrogens with one attached hydrogen (secondary N) is 2. The van der Waals surface area contributed by atoms with Crippen molar-refractivity contribution in [2.24, 2.45) is 10.2 Å². The second-order valence-corrected chi connectivity index (χ2v) is 13.3. The zero-order valence-electron chi connectivity index (χ0n) is 26.1. The topological polar surface area (TPSA) is 310 Å². The number of rotatable bonds is 11. The summed E-state index contributed by atoms with van der Waals surface area (Å²) in [5.74, 6) is -3.29. The van der Waals surface area contributed by atoms with Crippen LogP contribution in [0.2, 0.25) is 0 Å². The first-order chi connectivity index (χ1) is 24.5. The fourth-order valence-electron chi connectivity index (χ4n) is 4.61. The second-order valence-electron chi connectivity index (χ2n) is 10.5. The highest BCUT2D eigenvalue weighted by atomic mass is 32.2. The third kappa shape index (κ3) is 7.72. The summed E-state index contributed by atoms with van der Waals surface area (Å²) in [7, 11) is -9.02. The summed E-state index contributed by atoms with van der Waals surface area (Å²) < 4.78 is 65.8. The lowest BCUT2D eigenvalue weighted by Gasteiger charge is -2.16. The van der Waals surface area contributed by atoms with Crippen molar-refractivity contribution in [3.05, 3.63) is 101 Å². The van der Waals surface area contributed by atoms with Gasteiger partial charge in [0.25, 0.3) is 20.2 Å². The first-order valence-corrected chi connectivity index (χ1v) is 17.0. The number of azo groups is 1. The molecule has 52 heavy (non-hydrogen) atoms. The SMILES string of the molecule is Cc1c(C#N)c(Nc2ccc(S(=O)(=O)O)cc2)nc(Nc2ccc(S(=O)(=O)O)cc2)c1N=Nc1c(C#N)cnn1-c1cc(C(=O)O)cc(C(=O)O)c1. The molecule has 5 aromatic rings. The third-order valence-corrected chi connectivity index (χ3v) is 8.86. The van der Waals surface area contributed by atoms with E-state index < -0.39 is 48.2 Å². The van der Waals surface area contributed by atoms with E-state index in [0.29, 0.717) is 0 Å². The Morgan fingerprint density at radius 2 is 1.27 bits per heavy atom. The molecule has 0 amide bonds. The lowest BCUT2D eigenvalue weighted by molar-refractivity contribution is 0.0696. The van der Waals surface area contributed by atoms with Crippen LogP contribution >= 0.6 is 0 Å². The van der Waals surface area contributed by atoms with E-state index in [0.717, 1.165) is 53.3 Å². The van der Waals surface area contributed by atoms with E-state index in [1.165, 1.54) is 31.2 Å². The molecule has 0 atom stereocenters. The predicted octanol–water partition coefficient (Wildman–Crippen LogP) is 5.11. The fraction of sp³-hybridized carbons (Fsp3) is 0.0323. The van der Waals surface area contributed by atoms with Crippen LogP contribution in [0, 0.1) is 29.6 Å². The van der Waals surface area contributed by atoms with E-state index in [1.54, 1.807) is 0 Å². The van der Waals surface area contributed by atoms with Gasteiger partial charge in [0.1, 0.15) is 23.4 Å². The first-order valence-electron chi connectivity index (χ1n) is 14.2. The number of hydrogen-bond acceptors (Lipinski definition) is 14. The molecule has 0 unspecified atom stereocenters. The fourth-order valence-corrected chi connectivity index (χ4v) is 5.57. The summed E-state index contributed by atoms with van der Waals surface area (Å²) >= 11 is 0. The van der Waals surface area contributed by atoms with Gasteiger partial charge in [-0.25, -0.2) is 19.3 Å². The van der Waals surface area contributed by atoms with Gasteiger partial charge in [0.05, 0.1) is 38.4 Å². The number of nitrogens with zero attached hydrogens (tertiary/aromatic N) is 7. The Morgan fingerprint density at radius 1 is 0.769 bits per heavy atom. The van der Waals surface area contributed by atoms with Crippen LogP contribution in [0.4, 0.5) is 34.5 Å². The number of anilines is 4. The molecule has 0 radical (unpaired) electrons. The number of nitriles is 2. The third-order valence-electron chi connectivity index (χ3n) is 7.12. The summed E-state index contributed by atoms with van der Waals surface area (Å²) in [6, 6.07) is 16.6. The van der Waals surface area contributed by atoms with Crippen molar-refractivity contribution in [1.29, 1.82) is 10.5 Å². The molecule has 6 N–H and O–H groups in total. The molecule has 21 heteroatoms. The lowest BCUT2D eigenvalue weighted by Crippen LogP contribution is -2.06. The Hall–Kier alpha value is -7.04. The highest BCUT2D eigenvalue weighted by Crippen LogP contribution is 2.38. The average Bonchev–Trinajstić information content (AvgIpc) is 3.50. The molecule has 2 aromatic heterocycles. The van der Waals surface area contributed by atoms with E-state index >= 15 is 0 Å². The number of carboxylic acids is 2. The number of aromatic carboxylic acids is 2. The van der Waals surface area contributed by atoms with Crippen LogP contribution in [0.1, 0.15) is 37.4 Å². The van der Waals surface area contributed by atoms with E-state index in [4.69, 9.17) is 0 Å². The van der Waals surface area contributed by atoms with Gasteiger partial charge in [0, 0.05) is 16.9 Å². The molecule has 0 aliphatic carbocycles. The zero-order valence-corrected chi connectivity index (χ0v) is 27.7. The summed E-state index contributed by atoms with van der Waals surface area (Å²) in [6.45, 7) is 1.48. The van der Waals surface area contributed by atoms with Crippen molar-refractivity contribution in [3.8, 4) is 17.8 Å². The van der Waals surface area contributed by atoms with E-state index in [9.17, 15) is 56.3 Å². The highest BCUT2D eigenvalue weighted by Gasteiger charge is 2.21. The van der Waals surface area contributed by atoms with Crippen LogP contribution in [0.5, 0.6) is 0 Å². The maximum atomic E-state index is 11.7. The molecular weight excluding hydrogens is 723 g/mol. The molecule has 0 saturated carbocycles. The first kappa shape index (κ1) is 36.2. The molecule has 0 bridgehead atoms.